The fourth-order valence-electron chi connectivity index (χ4n) is 3.27. The highest BCUT2D eigenvalue weighted by atomic mass is 35.5. The number of hydrogen-bond donors (Lipinski definition) is 1. The van der Waals surface area contributed by atoms with Crippen molar-refractivity contribution < 1.29 is 23.5 Å². The highest BCUT2D eigenvalue weighted by molar-refractivity contribution is 6.32. The molecule has 8 heteroatoms. The minimum atomic E-state index is -0.994. The van der Waals surface area contributed by atoms with E-state index in [0.29, 0.717) is 39.4 Å². The van der Waals surface area contributed by atoms with Crippen molar-refractivity contribution in [2.75, 3.05) is 5.32 Å². The molecule has 0 bridgehead atoms. The van der Waals surface area contributed by atoms with E-state index in [1.54, 1.807) is 36.4 Å². The van der Waals surface area contributed by atoms with Gasteiger partial charge in [0.1, 0.15) is 17.9 Å². The van der Waals surface area contributed by atoms with Crippen LogP contribution >= 0.6 is 11.6 Å². The van der Waals surface area contributed by atoms with Crippen LogP contribution in [0.5, 0.6) is 5.75 Å². The molecule has 0 fully saturated rings. The molecule has 1 atom stereocenters. The molecule has 0 unspecified atom stereocenters. The van der Waals surface area contributed by atoms with Gasteiger partial charge in [-0.1, -0.05) is 30.7 Å². The van der Waals surface area contributed by atoms with Gasteiger partial charge in [-0.15, -0.1) is 0 Å². The van der Waals surface area contributed by atoms with E-state index in [1.165, 1.54) is 6.07 Å². The molecule has 2 heterocycles. The number of amides is 1. The summed E-state index contributed by atoms with van der Waals surface area (Å²) in [4.78, 5) is 36.4. The Morgan fingerprint density at radius 3 is 2.77 bits per heavy atom. The van der Waals surface area contributed by atoms with Crippen molar-refractivity contribution in [3.05, 3.63) is 69.0 Å². The van der Waals surface area contributed by atoms with Crippen LogP contribution in [-0.2, 0) is 27.4 Å². The summed E-state index contributed by atoms with van der Waals surface area (Å²) in [5.74, 6) is -0.564. The number of nitrogens with one attached hydrogen (secondary N) is 1. The number of esters is 1. The molecule has 1 aliphatic heterocycles. The van der Waals surface area contributed by atoms with Crippen LogP contribution in [0.4, 0.5) is 5.69 Å². The predicted molar refractivity (Wildman–Crippen MR) is 111 cm³/mol. The number of rotatable bonds is 5. The van der Waals surface area contributed by atoms with Gasteiger partial charge < -0.3 is 19.2 Å². The Morgan fingerprint density at radius 2 is 1.97 bits per heavy atom. The minimum absolute atomic E-state index is 0.159. The standard InChI is InChI=1S/C22H18ClNO6/c1-2-12-7-18-14(9-15(12)23)13(8-21(26)30-18)11-28-20(25)10-19-22(27)24-16-5-3-4-6-17(16)29-19/h3-9,19H,2,10-11H2,1H3,(H,24,27)/t19-/m0/s1. The summed E-state index contributed by atoms with van der Waals surface area (Å²) in [5, 5.41) is 3.83. The molecule has 30 heavy (non-hydrogen) atoms. The number of fused-ring (bicyclic) bond motifs is 2. The van der Waals surface area contributed by atoms with E-state index in [1.807, 2.05) is 6.92 Å². The average molecular weight is 428 g/mol. The minimum Gasteiger partial charge on any atom is -0.478 e. The van der Waals surface area contributed by atoms with Gasteiger partial charge in [-0.2, -0.15) is 0 Å². The molecule has 4 rings (SSSR count). The third-order valence-electron chi connectivity index (χ3n) is 4.83. The van der Waals surface area contributed by atoms with Gasteiger partial charge in [-0.3, -0.25) is 9.59 Å². The van der Waals surface area contributed by atoms with Gasteiger partial charge in [0.05, 0.1) is 12.1 Å². The zero-order valence-corrected chi connectivity index (χ0v) is 16.8. The molecular weight excluding hydrogens is 410 g/mol. The number of hydrogen-bond acceptors (Lipinski definition) is 6. The second kappa shape index (κ2) is 8.20. The second-order valence-electron chi connectivity index (χ2n) is 6.84. The molecule has 1 amide bonds. The van der Waals surface area contributed by atoms with E-state index >= 15 is 0 Å². The maximum absolute atomic E-state index is 12.3. The third-order valence-corrected chi connectivity index (χ3v) is 5.18. The van der Waals surface area contributed by atoms with Crippen molar-refractivity contribution in [1.82, 2.24) is 0 Å². The zero-order valence-electron chi connectivity index (χ0n) is 16.1. The van der Waals surface area contributed by atoms with Gasteiger partial charge >= 0.3 is 11.6 Å². The van der Waals surface area contributed by atoms with Gasteiger partial charge in [0, 0.05) is 22.0 Å². The van der Waals surface area contributed by atoms with E-state index in [-0.39, 0.29) is 13.0 Å². The van der Waals surface area contributed by atoms with Crippen LogP contribution in [0.25, 0.3) is 11.0 Å². The summed E-state index contributed by atoms with van der Waals surface area (Å²) >= 11 is 6.28. The van der Waals surface area contributed by atoms with Crippen LogP contribution in [0.2, 0.25) is 5.02 Å². The Morgan fingerprint density at radius 1 is 1.17 bits per heavy atom. The van der Waals surface area contributed by atoms with Crippen molar-refractivity contribution >= 4 is 40.1 Å². The number of aryl methyl sites for hydroxylation is 1. The molecule has 0 spiro atoms. The fourth-order valence-corrected chi connectivity index (χ4v) is 3.57. The first kappa shape index (κ1) is 20.0. The van der Waals surface area contributed by atoms with Crippen molar-refractivity contribution in [2.45, 2.75) is 32.5 Å². The number of carbonyl (C=O) groups is 2. The molecule has 1 N–H and O–H groups in total. The van der Waals surface area contributed by atoms with Crippen LogP contribution in [0.3, 0.4) is 0 Å². The van der Waals surface area contributed by atoms with E-state index in [2.05, 4.69) is 5.32 Å². The molecule has 3 aromatic rings. The summed E-state index contributed by atoms with van der Waals surface area (Å²) in [7, 11) is 0. The Bertz CT molecular complexity index is 1200. The maximum Gasteiger partial charge on any atom is 0.336 e. The fraction of sp³-hybridized carbons (Fsp3) is 0.227. The van der Waals surface area contributed by atoms with Crippen molar-refractivity contribution in [3.63, 3.8) is 0 Å². The lowest BCUT2D eigenvalue weighted by Gasteiger charge is -2.25. The molecule has 0 radical (unpaired) electrons. The first-order chi connectivity index (χ1) is 14.4. The largest absolute Gasteiger partial charge is 0.478 e. The Balaban J connectivity index is 1.48. The quantitative estimate of drug-likeness (QED) is 0.491. The molecular formula is C22H18ClNO6. The molecule has 0 saturated heterocycles. The molecule has 2 aromatic carbocycles. The van der Waals surface area contributed by atoms with Crippen molar-refractivity contribution in [1.29, 1.82) is 0 Å². The molecule has 154 valence electrons. The molecule has 0 aliphatic carbocycles. The van der Waals surface area contributed by atoms with Gasteiger partial charge in [-0.25, -0.2) is 4.79 Å². The Labute approximate surface area is 176 Å². The smallest absolute Gasteiger partial charge is 0.336 e. The lowest BCUT2D eigenvalue weighted by molar-refractivity contribution is -0.149. The summed E-state index contributed by atoms with van der Waals surface area (Å²) in [6.07, 6.45) is -0.573. The highest BCUT2D eigenvalue weighted by Gasteiger charge is 2.30. The Hall–Kier alpha value is -3.32. The van der Waals surface area contributed by atoms with Crippen LogP contribution in [-0.4, -0.2) is 18.0 Å². The first-order valence-corrected chi connectivity index (χ1v) is 9.79. The topological polar surface area (TPSA) is 94.8 Å². The van der Waals surface area contributed by atoms with Gasteiger partial charge in [0.2, 0.25) is 0 Å². The van der Waals surface area contributed by atoms with E-state index in [9.17, 15) is 14.4 Å². The van der Waals surface area contributed by atoms with Crippen LogP contribution in [0.1, 0.15) is 24.5 Å². The molecule has 1 aliphatic rings. The lowest BCUT2D eigenvalue weighted by Crippen LogP contribution is -2.38. The third kappa shape index (κ3) is 4.02. The van der Waals surface area contributed by atoms with Crippen LogP contribution < -0.4 is 15.7 Å². The molecule has 7 nitrogen and oxygen atoms in total. The van der Waals surface area contributed by atoms with Crippen molar-refractivity contribution in [2.24, 2.45) is 0 Å². The van der Waals surface area contributed by atoms with E-state index in [4.69, 9.17) is 25.5 Å². The maximum atomic E-state index is 12.3. The number of ether oxygens (including phenoxy) is 2. The summed E-state index contributed by atoms with van der Waals surface area (Å²) < 4.78 is 16.2. The molecule has 0 saturated carbocycles. The van der Waals surface area contributed by atoms with Crippen LogP contribution in [0.15, 0.2) is 51.7 Å². The highest BCUT2D eigenvalue weighted by Crippen LogP contribution is 2.30. The average Bonchev–Trinajstić information content (AvgIpc) is 2.72. The normalized spacial score (nSPS) is 15.3. The van der Waals surface area contributed by atoms with Gasteiger partial charge in [0.25, 0.3) is 5.91 Å². The number of benzene rings is 2. The summed E-state index contributed by atoms with van der Waals surface area (Å²) in [6.45, 7) is 1.78. The SMILES string of the molecule is CCc1cc2oc(=O)cc(COC(=O)C[C@@H]3Oc4ccccc4NC3=O)c2cc1Cl. The number of para-hydroxylation sites is 2. The second-order valence-corrected chi connectivity index (χ2v) is 7.25. The lowest BCUT2D eigenvalue weighted by atomic mass is 10.1. The first-order valence-electron chi connectivity index (χ1n) is 9.42. The van der Waals surface area contributed by atoms with E-state index < -0.39 is 23.6 Å². The number of halogens is 1. The monoisotopic (exact) mass is 427 g/mol. The van der Waals surface area contributed by atoms with E-state index in [0.717, 1.165) is 5.56 Å². The van der Waals surface area contributed by atoms with Gasteiger partial charge in [0.15, 0.2) is 6.10 Å². The Kier molecular flexibility index (Phi) is 5.46. The molecule has 1 aromatic heterocycles. The summed E-state index contributed by atoms with van der Waals surface area (Å²) in [6, 6.07) is 11.6. The van der Waals surface area contributed by atoms with Crippen molar-refractivity contribution in [3.8, 4) is 5.75 Å². The summed E-state index contributed by atoms with van der Waals surface area (Å²) in [5.41, 5.74) is 1.70. The van der Waals surface area contributed by atoms with Crippen LogP contribution in [0, 0.1) is 0 Å². The zero-order chi connectivity index (χ0) is 21.3. The number of anilines is 1. The number of carbonyl (C=O) groups excluding carboxylic acids is 2. The van der Waals surface area contributed by atoms with Gasteiger partial charge in [-0.05, 0) is 36.2 Å². The predicted octanol–water partition coefficient (Wildman–Crippen LogP) is 3.84.